The van der Waals surface area contributed by atoms with Gasteiger partial charge in [0.05, 0.1) is 6.42 Å². The summed E-state index contributed by atoms with van der Waals surface area (Å²) >= 11 is 0. The van der Waals surface area contributed by atoms with Gasteiger partial charge in [0.1, 0.15) is 13.2 Å². The molecule has 0 aromatic carbocycles. The zero-order valence-corrected chi connectivity index (χ0v) is 40.5. The van der Waals surface area contributed by atoms with Gasteiger partial charge in [0.25, 0.3) is 0 Å². The molecule has 0 amide bonds. The number of unbranched alkanes of at least 4 members (excludes halogenated alkanes) is 11. The van der Waals surface area contributed by atoms with Crippen molar-refractivity contribution in [1.29, 1.82) is 0 Å². The fourth-order valence-corrected chi connectivity index (χ4v) is 6.01. The van der Waals surface area contributed by atoms with Gasteiger partial charge in [-0.05, 0) is 103 Å². The normalized spacial score (nSPS) is 13.4. The molecule has 1 atom stereocenters. The van der Waals surface area contributed by atoms with E-state index in [9.17, 15) is 14.4 Å². The Morgan fingerprint density at radius 2 is 0.734 bits per heavy atom. The number of allylic oxidation sites excluding steroid dienone is 23. The largest absolute Gasteiger partial charge is 0.462 e. The van der Waals surface area contributed by atoms with Crippen LogP contribution >= 0.6 is 0 Å². The zero-order valence-electron chi connectivity index (χ0n) is 40.5. The molecule has 6 nitrogen and oxygen atoms in total. The lowest BCUT2D eigenvalue weighted by Crippen LogP contribution is -2.30. The Kier molecular flexibility index (Phi) is 47.2. The Morgan fingerprint density at radius 1 is 0.359 bits per heavy atom. The third-order valence-electron chi connectivity index (χ3n) is 9.69. The molecule has 0 N–H and O–H groups in total. The molecule has 0 aliphatic heterocycles. The Labute approximate surface area is 391 Å². The summed E-state index contributed by atoms with van der Waals surface area (Å²) in [5.41, 5.74) is 0. The second kappa shape index (κ2) is 50.9. The van der Waals surface area contributed by atoms with E-state index in [2.05, 4.69) is 154 Å². The van der Waals surface area contributed by atoms with Crippen molar-refractivity contribution in [3.8, 4) is 0 Å². The summed E-state index contributed by atoms with van der Waals surface area (Å²) in [6.07, 6.45) is 72.9. The smallest absolute Gasteiger partial charge is 0.309 e. The topological polar surface area (TPSA) is 78.9 Å². The van der Waals surface area contributed by atoms with E-state index < -0.39 is 12.1 Å². The first-order valence-electron chi connectivity index (χ1n) is 24.9. The van der Waals surface area contributed by atoms with Crippen LogP contribution in [0.4, 0.5) is 0 Å². The van der Waals surface area contributed by atoms with Gasteiger partial charge >= 0.3 is 17.9 Å². The third-order valence-corrected chi connectivity index (χ3v) is 9.69. The molecule has 0 heterocycles. The molecule has 0 bridgehead atoms. The molecular formula is C58H88O6. The van der Waals surface area contributed by atoms with Crippen LogP contribution < -0.4 is 0 Å². The molecule has 0 spiro atoms. The Morgan fingerprint density at radius 3 is 1.25 bits per heavy atom. The van der Waals surface area contributed by atoms with E-state index >= 15 is 0 Å². The minimum atomic E-state index is -0.845. The fourth-order valence-electron chi connectivity index (χ4n) is 6.01. The van der Waals surface area contributed by atoms with E-state index in [0.717, 1.165) is 122 Å². The van der Waals surface area contributed by atoms with Crippen LogP contribution in [0.5, 0.6) is 0 Å². The molecule has 356 valence electrons. The average molecular weight is 881 g/mol. The lowest BCUT2D eigenvalue weighted by atomic mass is 10.1. The lowest BCUT2D eigenvalue weighted by molar-refractivity contribution is -0.166. The highest BCUT2D eigenvalue weighted by molar-refractivity contribution is 5.72. The summed E-state index contributed by atoms with van der Waals surface area (Å²) in [5.74, 6) is -1.13. The van der Waals surface area contributed by atoms with Gasteiger partial charge in [-0.15, -0.1) is 0 Å². The molecule has 0 saturated heterocycles. The van der Waals surface area contributed by atoms with Crippen LogP contribution in [-0.2, 0) is 28.6 Å². The molecule has 0 rings (SSSR count). The van der Waals surface area contributed by atoms with E-state index in [1.807, 2.05) is 6.08 Å². The third kappa shape index (κ3) is 48.3. The highest BCUT2D eigenvalue weighted by Gasteiger charge is 2.19. The van der Waals surface area contributed by atoms with Gasteiger partial charge in [0, 0.05) is 12.8 Å². The number of ether oxygens (including phenoxy) is 3. The van der Waals surface area contributed by atoms with Crippen molar-refractivity contribution in [1.82, 2.24) is 0 Å². The van der Waals surface area contributed by atoms with E-state index in [1.165, 1.54) is 19.3 Å². The monoisotopic (exact) mass is 881 g/mol. The SMILES string of the molecule is CC/C=C\C/C=C\C/C=C\C/C=C\C/C=C\CCCCCC(=O)OCC(COC(=O)C/C=C\C/C=C\C/C=C\CC)OC(=O)CCCCCCC\C=C/C=C\C=C/C=C\CCCCC. The van der Waals surface area contributed by atoms with Crippen LogP contribution in [-0.4, -0.2) is 37.2 Å². The number of hydrogen-bond acceptors (Lipinski definition) is 6. The van der Waals surface area contributed by atoms with Gasteiger partial charge in [-0.25, -0.2) is 0 Å². The van der Waals surface area contributed by atoms with Crippen LogP contribution in [0, 0.1) is 0 Å². The highest BCUT2D eigenvalue weighted by atomic mass is 16.6. The van der Waals surface area contributed by atoms with Crippen molar-refractivity contribution in [3.63, 3.8) is 0 Å². The second-order valence-corrected chi connectivity index (χ2v) is 15.7. The van der Waals surface area contributed by atoms with Crippen molar-refractivity contribution in [2.75, 3.05) is 13.2 Å². The van der Waals surface area contributed by atoms with Crippen LogP contribution in [0.15, 0.2) is 146 Å². The number of rotatable bonds is 42. The maximum Gasteiger partial charge on any atom is 0.309 e. The molecule has 1 unspecified atom stereocenters. The minimum absolute atomic E-state index is 0.116. The second-order valence-electron chi connectivity index (χ2n) is 15.7. The van der Waals surface area contributed by atoms with Crippen LogP contribution in [0.2, 0.25) is 0 Å². The van der Waals surface area contributed by atoms with Crippen LogP contribution in [0.3, 0.4) is 0 Å². The van der Waals surface area contributed by atoms with Crippen LogP contribution in [0.25, 0.3) is 0 Å². The first-order valence-corrected chi connectivity index (χ1v) is 24.9. The Hall–Kier alpha value is -4.71. The van der Waals surface area contributed by atoms with Gasteiger partial charge in [-0.2, -0.15) is 0 Å². The highest BCUT2D eigenvalue weighted by Crippen LogP contribution is 2.11. The predicted octanol–water partition coefficient (Wildman–Crippen LogP) is 16.5. The molecule has 0 fully saturated rings. The molecule has 0 saturated carbocycles. The van der Waals surface area contributed by atoms with Gasteiger partial charge in [-0.3, -0.25) is 14.4 Å². The Bertz CT molecular complexity index is 1480. The van der Waals surface area contributed by atoms with Gasteiger partial charge in [-0.1, -0.05) is 205 Å². The first kappa shape index (κ1) is 59.3. The summed E-state index contributed by atoms with van der Waals surface area (Å²) in [6.45, 7) is 6.19. The number of esters is 3. The fraction of sp³-hybridized carbons (Fsp3) is 0.534. The molecule has 0 aromatic heterocycles. The molecular weight excluding hydrogens is 793 g/mol. The standard InChI is InChI=1S/C58H88O6/c1-4-7-10-13-16-19-21-23-25-27-29-31-32-34-36-39-42-45-48-51-57(60)63-54-55(53-62-56(59)50-47-44-41-38-18-15-12-9-6-3)64-58(61)52-49-46-43-40-37-35-33-30-28-26-24-22-20-17-14-11-8-5-2/h7,9-10,12,16-20,22-26,28-31,33-34,36,38,44,47,55H,4-6,8,11,13-15,21,27,32,35,37,39-43,45-46,48-54H2,1-3H3/b10-7-,12-9-,19-16-,20-17-,24-22-,25-23-,28-26-,31-29-,33-30-,36-34-,38-18-,47-44-. The maximum atomic E-state index is 12.8. The van der Waals surface area contributed by atoms with Crippen molar-refractivity contribution in [2.45, 2.75) is 187 Å². The van der Waals surface area contributed by atoms with Gasteiger partial charge in [0.2, 0.25) is 0 Å². The summed E-state index contributed by atoms with van der Waals surface area (Å²) in [7, 11) is 0. The van der Waals surface area contributed by atoms with Crippen molar-refractivity contribution in [3.05, 3.63) is 146 Å². The molecule has 0 aliphatic carbocycles. The molecule has 0 radical (unpaired) electrons. The summed E-state index contributed by atoms with van der Waals surface area (Å²) in [5, 5.41) is 0. The summed E-state index contributed by atoms with van der Waals surface area (Å²) < 4.78 is 16.6. The van der Waals surface area contributed by atoms with E-state index in [4.69, 9.17) is 14.2 Å². The van der Waals surface area contributed by atoms with E-state index in [0.29, 0.717) is 6.42 Å². The lowest BCUT2D eigenvalue weighted by Gasteiger charge is -2.18. The zero-order chi connectivity index (χ0) is 46.5. The summed E-state index contributed by atoms with van der Waals surface area (Å²) in [6, 6.07) is 0. The quantitative estimate of drug-likeness (QED) is 0.0200. The molecule has 0 aromatic rings. The number of hydrogen-bond donors (Lipinski definition) is 0. The van der Waals surface area contributed by atoms with Crippen LogP contribution in [0.1, 0.15) is 181 Å². The van der Waals surface area contributed by atoms with Gasteiger partial charge < -0.3 is 14.2 Å². The Balaban J connectivity index is 4.53. The predicted molar refractivity (Wildman–Crippen MR) is 274 cm³/mol. The maximum absolute atomic E-state index is 12.8. The molecule has 6 heteroatoms. The van der Waals surface area contributed by atoms with Crippen molar-refractivity contribution < 1.29 is 28.6 Å². The molecule has 64 heavy (non-hydrogen) atoms. The average Bonchev–Trinajstić information content (AvgIpc) is 3.29. The first-order chi connectivity index (χ1) is 31.5. The van der Waals surface area contributed by atoms with Crippen molar-refractivity contribution >= 4 is 17.9 Å². The van der Waals surface area contributed by atoms with Gasteiger partial charge in [0.15, 0.2) is 6.10 Å². The van der Waals surface area contributed by atoms with E-state index in [1.54, 1.807) is 6.08 Å². The summed E-state index contributed by atoms with van der Waals surface area (Å²) in [4.78, 5) is 37.8. The molecule has 0 aliphatic rings. The van der Waals surface area contributed by atoms with E-state index in [-0.39, 0.29) is 38.0 Å². The number of carbonyl (C=O) groups excluding carboxylic acids is 3. The van der Waals surface area contributed by atoms with Crippen molar-refractivity contribution in [2.24, 2.45) is 0 Å². The number of carbonyl (C=O) groups is 3. The minimum Gasteiger partial charge on any atom is -0.462 e.